The fourth-order valence-electron chi connectivity index (χ4n) is 2.62. The highest BCUT2D eigenvalue weighted by atomic mass is 16.2. The SMILES string of the molecule is CC(C)N1C(=O)c2ccccc2C(NC(=O)[C@H](C)N)C(=O)N1C. The minimum atomic E-state index is -0.942. The molecule has 0 radical (unpaired) electrons. The summed E-state index contributed by atoms with van der Waals surface area (Å²) < 4.78 is 0. The molecule has 0 saturated carbocycles. The van der Waals surface area contributed by atoms with E-state index in [1.165, 1.54) is 24.0 Å². The van der Waals surface area contributed by atoms with Crippen LogP contribution in [-0.2, 0) is 9.59 Å². The van der Waals surface area contributed by atoms with Crippen LogP contribution in [0.2, 0.25) is 0 Å². The number of carbonyl (C=O) groups is 3. The number of hydrogen-bond donors (Lipinski definition) is 2. The maximum Gasteiger partial charge on any atom is 0.273 e. The van der Waals surface area contributed by atoms with Crippen molar-refractivity contribution in [3.05, 3.63) is 35.4 Å². The van der Waals surface area contributed by atoms with Crippen LogP contribution in [0.4, 0.5) is 0 Å². The monoisotopic (exact) mass is 318 g/mol. The van der Waals surface area contributed by atoms with Crippen molar-refractivity contribution in [3.63, 3.8) is 0 Å². The molecule has 7 nitrogen and oxygen atoms in total. The Morgan fingerprint density at radius 1 is 1.22 bits per heavy atom. The molecule has 1 aliphatic heterocycles. The van der Waals surface area contributed by atoms with Gasteiger partial charge in [-0.2, -0.15) is 0 Å². The molecule has 2 atom stereocenters. The lowest BCUT2D eigenvalue weighted by Crippen LogP contribution is -2.52. The molecule has 3 N–H and O–H groups in total. The average Bonchev–Trinajstić information content (AvgIpc) is 2.57. The summed E-state index contributed by atoms with van der Waals surface area (Å²) in [6.07, 6.45) is 0. The van der Waals surface area contributed by atoms with E-state index in [-0.39, 0.29) is 17.9 Å². The number of likely N-dealkylation sites (N-methyl/N-ethyl adjacent to an activating group) is 1. The standard InChI is InChI=1S/C16H22N4O3/c1-9(2)20-15(22)12-8-6-5-7-11(12)13(16(23)19(20)4)18-14(21)10(3)17/h5-10,13H,17H2,1-4H3,(H,18,21)/t10-,13?/m0/s1. The molecule has 1 aromatic rings. The molecule has 124 valence electrons. The first kappa shape index (κ1) is 17.0. The highest BCUT2D eigenvalue weighted by Gasteiger charge is 2.39. The first-order chi connectivity index (χ1) is 10.8. The van der Waals surface area contributed by atoms with Crippen LogP contribution in [0.25, 0.3) is 0 Å². The highest BCUT2D eigenvalue weighted by molar-refractivity contribution is 6.02. The summed E-state index contributed by atoms with van der Waals surface area (Å²) in [7, 11) is 1.52. The lowest BCUT2D eigenvalue weighted by molar-refractivity contribution is -0.147. The molecule has 0 fully saturated rings. The zero-order chi connectivity index (χ0) is 17.3. The fourth-order valence-corrected chi connectivity index (χ4v) is 2.62. The van der Waals surface area contributed by atoms with Gasteiger partial charge in [-0.1, -0.05) is 18.2 Å². The van der Waals surface area contributed by atoms with E-state index < -0.39 is 18.0 Å². The number of nitrogens with one attached hydrogen (secondary N) is 1. The lowest BCUT2D eigenvalue weighted by atomic mass is 9.99. The van der Waals surface area contributed by atoms with Crippen molar-refractivity contribution in [1.29, 1.82) is 0 Å². The van der Waals surface area contributed by atoms with E-state index in [4.69, 9.17) is 5.73 Å². The maximum atomic E-state index is 12.8. The number of amides is 3. The van der Waals surface area contributed by atoms with Crippen LogP contribution >= 0.6 is 0 Å². The molecule has 0 aromatic heterocycles. The fraction of sp³-hybridized carbons (Fsp3) is 0.438. The zero-order valence-corrected chi connectivity index (χ0v) is 13.7. The van der Waals surface area contributed by atoms with Crippen LogP contribution < -0.4 is 11.1 Å². The molecule has 7 heteroatoms. The molecule has 1 unspecified atom stereocenters. The van der Waals surface area contributed by atoms with E-state index in [1.807, 2.05) is 13.8 Å². The molecular weight excluding hydrogens is 296 g/mol. The zero-order valence-electron chi connectivity index (χ0n) is 13.7. The van der Waals surface area contributed by atoms with Gasteiger partial charge in [-0.25, -0.2) is 5.01 Å². The molecule has 0 saturated heterocycles. The Balaban J connectivity index is 2.55. The van der Waals surface area contributed by atoms with Gasteiger partial charge < -0.3 is 11.1 Å². The number of hydrogen-bond acceptors (Lipinski definition) is 4. The molecular formula is C16H22N4O3. The largest absolute Gasteiger partial charge is 0.339 e. The topological polar surface area (TPSA) is 95.7 Å². The number of hydrazine groups is 1. The van der Waals surface area contributed by atoms with Gasteiger partial charge in [0.15, 0.2) is 0 Å². The predicted octanol–water partition coefficient (Wildman–Crippen LogP) is 0.429. The third-order valence-electron chi connectivity index (χ3n) is 3.79. The Morgan fingerprint density at radius 2 is 1.83 bits per heavy atom. The smallest absolute Gasteiger partial charge is 0.273 e. The Hall–Kier alpha value is -2.41. The van der Waals surface area contributed by atoms with Gasteiger partial charge in [0.05, 0.1) is 6.04 Å². The van der Waals surface area contributed by atoms with Gasteiger partial charge in [0.25, 0.3) is 11.8 Å². The summed E-state index contributed by atoms with van der Waals surface area (Å²) in [6.45, 7) is 5.19. The maximum absolute atomic E-state index is 12.8. The molecule has 1 aliphatic rings. The van der Waals surface area contributed by atoms with Crippen LogP contribution in [0, 0.1) is 0 Å². The van der Waals surface area contributed by atoms with Crippen molar-refractivity contribution in [3.8, 4) is 0 Å². The first-order valence-electron chi connectivity index (χ1n) is 7.51. The Morgan fingerprint density at radius 3 is 2.39 bits per heavy atom. The number of nitrogens with two attached hydrogens (primary N) is 1. The average molecular weight is 318 g/mol. The minimum absolute atomic E-state index is 0.201. The third-order valence-corrected chi connectivity index (χ3v) is 3.79. The normalized spacial score (nSPS) is 19.5. The van der Waals surface area contributed by atoms with E-state index in [1.54, 1.807) is 24.3 Å². The molecule has 1 aromatic carbocycles. The molecule has 3 amide bonds. The molecule has 2 rings (SSSR count). The van der Waals surface area contributed by atoms with Crippen LogP contribution in [-0.4, -0.2) is 46.9 Å². The Kier molecular flexibility index (Phi) is 4.70. The Bertz CT molecular complexity index is 642. The van der Waals surface area contributed by atoms with Crippen molar-refractivity contribution in [2.75, 3.05) is 7.05 Å². The van der Waals surface area contributed by atoms with Gasteiger partial charge in [0, 0.05) is 18.7 Å². The number of carbonyl (C=O) groups excluding carboxylic acids is 3. The molecule has 0 bridgehead atoms. The van der Waals surface area contributed by atoms with E-state index in [9.17, 15) is 14.4 Å². The Labute approximate surface area is 135 Å². The van der Waals surface area contributed by atoms with Crippen molar-refractivity contribution in [2.24, 2.45) is 5.73 Å². The molecule has 1 heterocycles. The van der Waals surface area contributed by atoms with Gasteiger partial charge in [0.1, 0.15) is 6.04 Å². The van der Waals surface area contributed by atoms with E-state index in [2.05, 4.69) is 5.32 Å². The van der Waals surface area contributed by atoms with Crippen molar-refractivity contribution in [2.45, 2.75) is 38.9 Å². The summed E-state index contributed by atoms with van der Waals surface area (Å²) >= 11 is 0. The molecule has 0 spiro atoms. The summed E-state index contributed by atoms with van der Waals surface area (Å²) in [4.78, 5) is 37.6. The van der Waals surface area contributed by atoms with E-state index in [0.29, 0.717) is 11.1 Å². The summed E-state index contributed by atoms with van der Waals surface area (Å²) in [5, 5.41) is 5.29. The number of rotatable bonds is 3. The molecule has 0 aliphatic carbocycles. The highest BCUT2D eigenvalue weighted by Crippen LogP contribution is 2.27. The van der Waals surface area contributed by atoms with Crippen LogP contribution in [0.5, 0.6) is 0 Å². The van der Waals surface area contributed by atoms with Crippen molar-refractivity contribution >= 4 is 17.7 Å². The predicted molar refractivity (Wildman–Crippen MR) is 85.1 cm³/mol. The summed E-state index contributed by atoms with van der Waals surface area (Å²) in [5.74, 6) is -1.10. The number of nitrogens with zero attached hydrogens (tertiary/aromatic N) is 2. The second kappa shape index (κ2) is 6.37. The summed E-state index contributed by atoms with van der Waals surface area (Å²) in [6, 6.07) is 4.90. The first-order valence-corrected chi connectivity index (χ1v) is 7.51. The van der Waals surface area contributed by atoms with Crippen LogP contribution in [0.1, 0.15) is 42.7 Å². The number of benzene rings is 1. The van der Waals surface area contributed by atoms with Gasteiger partial charge >= 0.3 is 0 Å². The lowest BCUT2D eigenvalue weighted by Gasteiger charge is -2.34. The van der Waals surface area contributed by atoms with E-state index in [0.717, 1.165) is 0 Å². The second-order valence-corrected chi connectivity index (χ2v) is 5.92. The van der Waals surface area contributed by atoms with Gasteiger partial charge in [-0.15, -0.1) is 0 Å². The van der Waals surface area contributed by atoms with Crippen molar-refractivity contribution < 1.29 is 14.4 Å². The minimum Gasteiger partial charge on any atom is -0.339 e. The van der Waals surface area contributed by atoms with Gasteiger partial charge in [-0.05, 0) is 32.4 Å². The number of fused-ring (bicyclic) bond motifs is 1. The quantitative estimate of drug-likeness (QED) is 0.845. The van der Waals surface area contributed by atoms with Crippen LogP contribution in [0.15, 0.2) is 24.3 Å². The van der Waals surface area contributed by atoms with Crippen molar-refractivity contribution in [1.82, 2.24) is 15.3 Å². The van der Waals surface area contributed by atoms with Crippen LogP contribution in [0.3, 0.4) is 0 Å². The van der Waals surface area contributed by atoms with E-state index >= 15 is 0 Å². The van der Waals surface area contributed by atoms with Gasteiger partial charge in [0.2, 0.25) is 5.91 Å². The second-order valence-electron chi connectivity index (χ2n) is 5.92. The van der Waals surface area contributed by atoms with Gasteiger partial charge in [-0.3, -0.25) is 19.4 Å². The molecule has 23 heavy (non-hydrogen) atoms. The summed E-state index contributed by atoms with van der Waals surface area (Å²) in [5.41, 5.74) is 6.46. The third kappa shape index (κ3) is 3.05.